The zero-order chi connectivity index (χ0) is 24.2. The normalized spacial score (nSPS) is 11.5. The number of hydrazone groups is 1. The minimum Gasteiger partial charge on any atom is -0.318 e. The number of nitrogens with zero attached hydrogens (tertiary/aromatic N) is 4. The summed E-state index contributed by atoms with van der Waals surface area (Å²) < 4.78 is 27.2. The number of aryl methyl sites for hydroxylation is 1. The van der Waals surface area contributed by atoms with E-state index in [-0.39, 0.29) is 11.4 Å². The summed E-state index contributed by atoms with van der Waals surface area (Å²) in [4.78, 5) is 22.8. The number of anilines is 1. The van der Waals surface area contributed by atoms with Gasteiger partial charge in [-0.15, -0.1) is 0 Å². The number of sulfonamides is 1. The molecule has 11 heteroatoms. The molecule has 0 spiro atoms. The van der Waals surface area contributed by atoms with E-state index in [4.69, 9.17) is 0 Å². The lowest BCUT2D eigenvalue weighted by Crippen LogP contribution is -2.39. The summed E-state index contributed by atoms with van der Waals surface area (Å²) in [5.74, 6) is -0.694. The van der Waals surface area contributed by atoms with Crippen LogP contribution in [0.4, 0.5) is 11.4 Å². The maximum atomic E-state index is 12.4. The number of carbonyl (C=O) groups is 1. The molecule has 0 saturated heterocycles. The van der Waals surface area contributed by atoms with Crippen LogP contribution in [0.2, 0.25) is 0 Å². The van der Waals surface area contributed by atoms with E-state index in [0.717, 1.165) is 39.3 Å². The van der Waals surface area contributed by atoms with Gasteiger partial charge in [0, 0.05) is 34.8 Å². The Morgan fingerprint density at radius 2 is 1.85 bits per heavy atom. The van der Waals surface area contributed by atoms with Crippen LogP contribution in [0.15, 0.2) is 65.8 Å². The number of nitro groups is 1. The first-order valence-corrected chi connectivity index (χ1v) is 11.7. The lowest BCUT2D eigenvalue weighted by Gasteiger charge is -2.21. The van der Waals surface area contributed by atoms with Crippen molar-refractivity contribution in [3.8, 4) is 5.69 Å². The molecule has 1 amide bonds. The van der Waals surface area contributed by atoms with Crippen LogP contribution in [-0.4, -0.2) is 42.8 Å². The van der Waals surface area contributed by atoms with Gasteiger partial charge in [-0.25, -0.2) is 13.8 Å². The number of carbonyl (C=O) groups excluding carboxylic acids is 1. The summed E-state index contributed by atoms with van der Waals surface area (Å²) in [7, 11) is -3.88. The van der Waals surface area contributed by atoms with Gasteiger partial charge in [-0.3, -0.25) is 19.2 Å². The van der Waals surface area contributed by atoms with Crippen LogP contribution in [0.1, 0.15) is 17.0 Å². The molecule has 3 aromatic rings. The number of hydrogen-bond acceptors (Lipinski definition) is 6. The topological polar surface area (TPSA) is 127 Å². The van der Waals surface area contributed by atoms with Crippen molar-refractivity contribution < 1.29 is 18.1 Å². The molecule has 1 heterocycles. The molecule has 1 aromatic heterocycles. The Labute approximate surface area is 191 Å². The molecule has 0 radical (unpaired) electrons. The lowest BCUT2D eigenvalue weighted by atomic mass is 10.2. The van der Waals surface area contributed by atoms with Crippen LogP contribution >= 0.6 is 0 Å². The largest absolute Gasteiger partial charge is 0.318 e. The van der Waals surface area contributed by atoms with E-state index in [9.17, 15) is 23.3 Å². The van der Waals surface area contributed by atoms with Crippen LogP contribution in [0.3, 0.4) is 0 Å². The Balaban J connectivity index is 1.75. The number of nitrogens with one attached hydrogen (secondary N) is 1. The minimum absolute atomic E-state index is 0.0113. The first kappa shape index (κ1) is 23.7. The average Bonchev–Trinajstić information content (AvgIpc) is 3.05. The molecule has 0 atom stereocenters. The molecular formula is C22H23N5O5S. The highest BCUT2D eigenvalue weighted by molar-refractivity contribution is 7.92. The molecule has 1 N–H and O–H groups in total. The number of non-ortho nitro benzene ring substituents is 1. The molecule has 0 unspecified atom stereocenters. The zero-order valence-corrected chi connectivity index (χ0v) is 19.1. The molecule has 172 valence electrons. The fourth-order valence-corrected chi connectivity index (χ4v) is 4.24. The van der Waals surface area contributed by atoms with Gasteiger partial charge in [0.25, 0.3) is 11.6 Å². The highest BCUT2D eigenvalue weighted by atomic mass is 32.2. The van der Waals surface area contributed by atoms with Gasteiger partial charge in [-0.1, -0.05) is 24.3 Å². The van der Waals surface area contributed by atoms with Gasteiger partial charge in [0.15, 0.2) is 0 Å². The SMILES string of the molecule is Cc1cc(/C=N\NC(=O)CN(c2cccc([N+](=O)[O-])c2)S(C)(=O)=O)c(C)n1-c1ccccc1. The molecule has 3 rings (SSSR count). The number of benzene rings is 2. The van der Waals surface area contributed by atoms with E-state index < -0.39 is 27.4 Å². The van der Waals surface area contributed by atoms with Gasteiger partial charge in [0.05, 0.1) is 23.1 Å². The average molecular weight is 470 g/mol. The summed E-state index contributed by atoms with van der Waals surface area (Å²) in [6.45, 7) is 3.30. The van der Waals surface area contributed by atoms with E-state index in [1.807, 2.05) is 50.2 Å². The molecular weight excluding hydrogens is 446 g/mol. The van der Waals surface area contributed by atoms with Crippen molar-refractivity contribution in [2.75, 3.05) is 17.1 Å². The maximum absolute atomic E-state index is 12.4. The fourth-order valence-electron chi connectivity index (χ4n) is 3.39. The van der Waals surface area contributed by atoms with Gasteiger partial charge >= 0.3 is 0 Å². The Hall–Kier alpha value is -3.99. The van der Waals surface area contributed by atoms with Crippen molar-refractivity contribution >= 4 is 33.5 Å². The predicted octanol–water partition coefficient (Wildman–Crippen LogP) is 2.92. The standard InChI is InChI=1S/C22H23N5O5S/c1-16-12-18(17(2)26(16)19-8-5-4-6-9-19)14-23-24-22(28)15-25(33(3,31)32)20-10-7-11-21(13-20)27(29)30/h4-14H,15H2,1-3H3,(H,24,28)/b23-14-. The second-order valence-electron chi connectivity index (χ2n) is 7.34. The summed E-state index contributed by atoms with van der Waals surface area (Å²) in [6, 6.07) is 16.8. The molecule has 2 aromatic carbocycles. The van der Waals surface area contributed by atoms with Crippen LogP contribution in [0.25, 0.3) is 5.69 Å². The molecule has 0 saturated carbocycles. The third-order valence-electron chi connectivity index (χ3n) is 4.89. The van der Waals surface area contributed by atoms with E-state index in [0.29, 0.717) is 0 Å². The molecule has 0 aliphatic heterocycles. The highest BCUT2D eigenvalue weighted by Crippen LogP contribution is 2.23. The Morgan fingerprint density at radius 3 is 2.48 bits per heavy atom. The number of aromatic nitrogens is 1. The number of rotatable bonds is 8. The van der Waals surface area contributed by atoms with E-state index in [1.165, 1.54) is 24.4 Å². The Bertz CT molecular complexity index is 1320. The second-order valence-corrected chi connectivity index (χ2v) is 9.24. The van der Waals surface area contributed by atoms with Gasteiger partial charge in [0.2, 0.25) is 10.0 Å². The maximum Gasteiger partial charge on any atom is 0.271 e. The first-order valence-electron chi connectivity index (χ1n) is 9.86. The van der Waals surface area contributed by atoms with Gasteiger partial charge in [-0.2, -0.15) is 5.10 Å². The van der Waals surface area contributed by atoms with Crippen molar-refractivity contribution in [1.82, 2.24) is 9.99 Å². The molecule has 0 aliphatic rings. The Kier molecular flexibility index (Phi) is 6.92. The van der Waals surface area contributed by atoms with Gasteiger partial charge in [0.1, 0.15) is 6.54 Å². The van der Waals surface area contributed by atoms with E-state index >= 15 is 0 Å². The smallest absolute Gasteiger partial charge is 0.271 e. The second kappa shape index (κ2) is 9.65. The summed E-state index contributed by atoms with van der Waals surface area (Å²) in [5, 5.41) is 15.0. The molecule has 0 aliphatic carbocycles. The summed E-state index contributed by atoms with van der Waals surface area (Å²) >= 11 is 0. The Morgan fingerprint density at radius 1 is 1.15 bits per heavy atom. The van der Waals surface area contributed by atoms with Crippen molar-refractivity contribution in [2.24, 2.45) is 5.10 Å². The number of amides is 1. The zero-order valence-electron chi connectivity index (χ0n) is 18.3. The molecule has 0 fully saturated rings. The van der Waals surface area contributed by atoms with Crippen molar-refractivity contribution in [3.05, 3.63) is 87.7 Å². The van der Waals surface area contributed by atoms with Gasteiger partial charge in [-0.05, 0) is 38.1 Å². The number of hydrogen-bond donors (Lipinski definition) is 1. The van der Waals surface area contributed by atoms with Gasteiger partial charge < -0.3 is 4.57 Å². The minimum atomic E-state index is -3.88. The van der Waals surface area contributed by atoms with E-state index in [1.54, 1.807) is 0 Å². The third kappa shape index (κ3) is 5.63. The summed E-state index contributed by atoms with van der Waals surface area (Å²) in [6.07, 6.45) is 2.40. The predicted molar refractivity (Wildman–Crippen MR) is 126 cm³/mol. The monoisotopic (exact) mass is 469 g/mol. The molecule has 10 nitrogen and oxygen atoms in total. The van der Waals surface area contributed by atoms with Crippen LogP contribution < -0.4 is 9.73 Å². The first-order chi connectivity index (χ1) is 15.6. The van der Waals surface area contributed by atoms with Crippen LogP contribution in [0, 0.1) is 24.0 Å². The van der Waals surface area contributed by atoms with Crippen LogP contribution in [-0.2, 0) is 14.8 Å². The van der Waals surface area contributed by atoms with E-state index in [2.05, 4.69) is 15.1 Å². The third-order valence-corrected chi connectivity index (χ3v) is 6.03. The number of para-hydroxylation sites is 1. The molecule has 0 bridgehead atoms. The van der Waals surface area contributed by atoms with Crippen LogP contribution in [0.5, 0.6) is 0 Å². The lowest BCUT2D eigenvalue weighted by molar-refractivity contribution is -0.384. The number of nitro benzene ring substituents is 1. The molecule has 33 heavy (non-hydrogen) atoms. The van der Waals surface area contributed by atoms with Crippen molar-refractivity contribution in [1.29, 1.82) is 0 Å². The fraction of sp³-hybridized carbons (Fsp3) is 0.182. The van der Waals surface area contributed by atoms with Crippen molar-refractivity contribution in [3.63, 3.8) is 0 Å². The quantitative estimate of drug-likeness (QED) is 0.308. The summed E-state index contributed by atoms with van der Waals surface area (Å²) in [5.41, 5.74) is 5.74. The van der Waals surface area contributed by atoms with Crippen molar-refractivity contribution in [2.45, 2.75) is 13.8 Å². The highest BCUT2D eigenvalue weighted by Gasteiger charge is 2.22.